The summed E-state index contributed by atoms with van der Waals surface area (Å²) in [5.74, 6) is -3.51. The Balaban J connectivity index is -0.000000859. The topological polar surface area (TPSA) is 218 Å². The fraction of sp³-hybridized carbons (Fsp3) is 0.577. The molecule has 212 valence electrons. The van der Waals surface area contributed by atoms with Gasteiger partial charge in [-0.3, -0.25) is 24.0 Å². The van der Waals surface area contributed by atoms with Crippen LogP contribution < -0.4 is 0 Å². The maximum atomic E-state index is 12.4. The summed E-state index contributed by atoms with van der Waals surface area (Å²) >= 11 is 0. The number of hydrogen-bond donors (Lipinski definition) is 5. The van der Waals surface area contributed by atoms with Gasteiger partial charge in [-0.2, -0.15) is 0 Å². The maximum Gasteiger partial charge on any atom is 0.303 e. The molecule has 0 saturated heterocycles. The van der Waals surface area contributed by atoms with E-state index in [0.29, 0.717) is 37.7 Å². The molecule has 0 bridgehead atoms. The summed E-state index contributed by atoms with van der Waals surface area (Å²) in [4.78, 5) is 55.7. The molecule has 0 heterocycles. The van der Waals surface area contributed by atoms with Crippen molar-refractivity contribution >= 4 is 29.3 Å². The van der Waals surface area contributed by atoms with E-state index in [-0.39, 0.29) is 82.2 Å². The number of benzene rings is 1. The van der Waals surface area contributed by atoms with Crippen molar-refractivity contribution < 1.29 is 57.8 Å². The number of rotatable bonds is 14. The summed E-state index contributed by atoms with van der Waals surface area (Å²) in [5.41, 5.74) is 1.15. The third kappa shape index (κ3) is 12.1. The smallest absolute Gasteiger partial charge is 0.303 e. The molecule has 1 aliphatic rings. The van der Waals surface area contributed by atoms with Gasteiger partial charge in [0.2, 0.25) is 0 Å². The Labute approximate surface area is 218 Å². The molecule has 11 heteroatoms. The average Bonchev–Trinajstić information content (AvgIpc) is 2.77. The number of carbonyl (C=O) groups is 5. The highest BCUT2D eigenvalue weighted by atomic mass is 16.4. The van der Waals surface area contributed by atoms with Gasteiger partial charge in [0.05, 0.1) is 18.6 Å². The number of carbonyl (C=O) groups excluding carboxylic acids is 3. The number of Topliss-reactive ketones (excluding diaryl/α,β-unsaturated/α-hetero) is 3. The van der Waals surface area contributed by atoms with Crippen LogP contribution in [0.2, 0.25) is 0 Å². The molecular weight excluding hydrogens is 488 g/mol. The zero-order chi connectivity index (χ0) is 27.3. The van der Waals surface area contributed by atoms with E-state index < -0.39 is 17.9 Å². The van der Waals surface area contributed by atoms with Crippen LogP contribution in [0.4, 0.5) is 0 Å². The van der Waals surface area contributed by atoms with E-state index in [9.17, 15) is 39.3 Å². The summed E-state index contributed by atoms with van der Waals surface area (Å²) in [5, 5.41) is 45.2. The fourth-order valence-corrected chi connectivity index (χ4v) is 4.51. The van der Waals surface area contributed by atoms with Crippen molar-refractivity contribution in [3.63, 3.8) is 0 Å². The van der Waals surface area contributed by atoms with Crippen molar-refractivity contribution in [1.82, 2.24) is 0 Å². The molecule has 2 rings (SSSR count). The number of unbranched alkanes of at least 4 members (excludes halogenated alkanes) is 1. The highest BCUT2D eigenvalue weighted by Gasteiger charge is 2.33. The van der Waals surface area contributed by atoms with Crippen molar-refractivity contribution in [2.75, 3.05) is 13.2 Å². The Morgan fingerprint density at radius 3 is 2.11 bits per heavy atom. The van der Waals surface area contributed by atoms with Crippen LogP contribution in [0.25, 0.3) is 0 Å². The first kappa shape index (κ1) is 33.8. The van der Waals surface area contributed by atoms with Crippen LogP contribution in [0.15, 0.2) is 18.2 Å². The molecular formula is C26H42O11. The minimum Gasteiger partial charge on any atom is -0.507 e. The Morgan fingerprint density at radius 1 is 1.03 bits per heavy atom. The first-order chi connectivity index (χ1) is 17.0. The van der Waals surface area contributed by atoms with Crippen LogP contribution in [0, 0.1) is 17.8 Å². The SMILES string of the molecule is CC(=O)CC(=O)C(CO)C(CCO)CC1CC(=O)c2c(O)cccc2C1.O.O=C(O)CCCCC(=O)O.[HH].[HH]. The van der Waals surface area contributed by atoms with Crippen LogP contribution in [0.1, 0.15) is 77.1 Å². The lowest BCUT2D eigenvalue weighted by Gasteiger charge is -2.30. The third-order valence-corrected chi connectivity index (χ3v) is 6.16. The predicted octanol–water partition coefficient (Wildman–Crippen LogP) is 2.07. The van der Waals surface area contributed by atoms with Gasteiger partial charge in [-0.15, -0.1) is 0 Å². The minimum absolute atomic E-state index is 0. The zero-order valence-corrected chi connectivity index (χ0v) is 21.0. The lowest BCUT2D eigenvalue weighted by molar-refractivity contribution is -0.139. The number of carboxylic acids is 2. The predicted molar refractivity (Wildman–Crippen MR) is 137 cm³/mol. The Bertz CT molecular complexity index is 920. The molecule has 1 aromatic rings. The number of fused-ring (bicyclic) bond motifs is 1. The number of aliphatic hydroxyl groups is 2. The molecule has 3 atom stereocenters. The van der Waals surface area contributed by atoms with Gasteiger partial charge in [0.15, 0.2) is 5.78 Å². The first-order valence-electron chi connectivity index (χ1n) is 12.0. The molecule has 0 saturated carbocycles. The average molecular weight is 531 g/mol. The summed E-state index contributed by atoms with van der Waals surface area (Å²) in [6.45, 7) is 0.817. The molecule has 0 spiro atoms. The number of aliphatic carboxylic acids is 2. The molecule has 3 unspecified atom stereocenters. The second kappa shape index (κ2) is 17.3. The number of ketones is 3. The number of aromatic hydroxyl groups is 1. The quantitative estimate of drug-likeness (QED) is 0.174. The summed E-state index contributed by atoms with van der Waals surface area (Å²) in [7, 11) is 0. The largest absolute Gasteiger partial charge is 0.507 e. The van der Waals surface area contributed by atoms with Gasteiger partial charge >= 0.3 is 11.9 Å². The molecule has 0 radical (unpaired) electrons. The summed E-state index contributed by atoms with van der Waals surface area (Å²) in [6, 6.07) is 5.00. The standard InChI is InChI=1S/C20H26O6.C6H10O4.H2O.2H2/c1-12(23)7-18(25)16(11-22)14(5-6-21)8-13-9-15-3-2-4-17(24)20(15)19(26)10-13;7-5(8)3-1-2-4-6(9)10;;;/h2-4,13-14,16,21-22,24H,5-11H2,1H3;1-4H2,(H,7,8)(H,9,10);1H2;2*1H. The van der Waals surface area contributed by atoms with Crippen LogP contribution in [-0.4, -0.2) is 73.5 Å². The zero-order valence-electron chi connectivity index (χ0n) is 21.0. The second-order valence-corrected chi connectivity index (χ2v) is 9.15. The van der Waals surface area contributed by atoms with E-state index in [1.807, 2.05) is 6.07 Å². The van der Waals surface area contributed by atoms with Crippen molar-refractivity contribution in [3.05, 3.63) is 29.3 Å². The number of phenolic OH excluding ortho intramolecular Hbond substituents is 1. The third-order valence-electron chi connectivity index (χ3n) is 6.16. The van der Waals surface area contributed by atoms with E-state index in [0.717, 1.165) is 5.56 Å². The lowest BCUT2D eigenvalue weighted by atomic mass is 9.73. The van der Waals surface area contributed by atoms with E-state index in [1.54, 1.807) is 6.07 Å². The van der Waals surface area contributed by atoms with Gasteiger partial charge in [0.25, 0.3) is 0 Å². The van der Waals surface area contributed by atoms with Crippen molar-refractivity contribution in [1.29, 1.82) is 0 Å². The van der Waals surface area contributed by atoms with Crippen molar-refractivity contribution in [2.45, 2.75) is 64.7 Å². The highest BCUT2D eigenvalue weighted by molar-refractivity contribution is 6.01. The number of carboxylic acid groups (broad SMARTS) is 2. The molecule has 1 aliphatic carbocycles. The maximum absolute atomic E-state index is 12.4. The number of phenols is 1. The Kier molecular flexibility index (Phi) is 15.9. The normalized spacial score (nSPS) is 15.8. The highest BCUT2D eigenvalue weighted by Crippen LogP contribution is 2.36. The van der Waals surface area contributed by atoms with E-state index in [4.69, 9.17) is 10.2 Å². The summed E-state index contributed by atoms with van der Waals surface area (Å²) < 4.78 is 0. The molecule has 1 aromatic carbocycles. The summed E-state index contributed by atoms with van der Waals surface area (Å²) in [6.07, 6.45) is 2.46. The lowest BCUT2D eigenvalue weighted by Crippen LogP contribution is -2.32. The van der Waals surface area contributed by atoms with Crippen molar-refractivity contribution in [2.24, 2.45) is 17.8 Å². The number of aliphatic hydroxyl groups excluding tert-OH is 2. The fourth-order valence-electron chi connectivity index (χ4n) is 4.51. The van der Waals surface area contributed by atoms with Gasteiger partial charge in [-0.25, -0.2) is 0 Å². The molecule has 37 heavy (non-hydrogen) atoms. The Morgan fingerprint density at radius 2 is 1.62 bits per heavy atom. The van der Waals surface area contributed by atoms with Gasteiger partial charge in [0, 0.05) is 34.6 Å². The van der Waals surface area contributed by atoms with E-state index in [1.165, 1.54) is 13.0 Å². The van der Waals surface area contributed by atoms with Gasteiger partial charge < -0.3 is 31.0 Å². The molecule has 7 N–H and O–H groups in total. The van der Waals surface area contributed by atoms with Crippen LogP contribution in [0.3, 0.4) is 0 Å². The van der Waals surface area contributed by atoms with Gasteiger partial charge in [-0.05, 0) is 62.5 Å². The van der Waals surface area contributed by atoms with Gasteiger partial charge in [0.1, 0.15) is 17.3 Å². The Hall–Kier alpha value is -3.15. The molecule has 0 fully saturated rings. The molecule has 0 aromatic heterocycles. The van der Waals surface area contributed by atoms with Crippen LogP contribution in [-0.2, 0) is 25.6 Å². The molecule has 0 amide bonds. The monoisotopic (exact) mass is 530 g/mol. The minimum atomic E-state index is -0.870. The van der Waals surface area contributed by atoms with Crippen LogP contribution in [0.5, 0.6) is 5.75 Å². The van der Waals surface area contributed by atoms with Crippen LogP contribution >= 0.6 is 0 Å². The first-order valence-corrected chi connectivity index (χ1v) is 12.0. The van der Waals surface area contributed by atoms with Crippen molar-refractivity contribution in [3.8, 4) is 5.75 Å². The van der Waals surface area contributed by atoms with E-state index >= 15 is 0 Å². The van der Waals surface area contributed by atoms with Gasteiger partial charge in [-0.1, -0.05) is 12.1 Å². The molecule has 11 nitrogen and oxygen atoms in total. The number of hydrogen-bond acceptors (Lipinski definition) is 8. The molecule has 0 aliphatic heterocycles. The second-order valence-electron chi connectivity index (χ2n) is 9.15. The van der Waals surface area contributed by atoms with E-state index in [2.05, 4.69) is 0 Å².